The van der Waals surface area contributed by atoms with Crippen molar-refractivity contribution in [3.05, 3.63) is 31.1 Å². The molecule has 1 aromatic rings. The SMILES string of the molecule is CC(C)c1c(Br)cc(Br)cc1Br. The van der Waals surface area contributed by atoms with Crippen molar-refractivity contribution in [2.24, 2.45) is 0 Å². The predicted molar refractivity (Wildman–Crippen MR) is 63.6 cm³/mol. The van der Waals surface area contributed by atoms with Gasteiger partial charge in [0.15, 0.2) is 0 Å². The lowest BCUT2D eigenvalue weighted by molar-refractivity contribution is 0.854. The molecule has 1 aromatic carbocycles. The van der Waals surface area contributed by atoms with Crippen LogP contribution in [0.4, 0.5) is 0 Å². The Labute approximate surface area is 98.1 Å². The highest BCUT2D eigenvalue weighted by Crippen LogP contribution is 2.34. The fraction of sp³-hybridized carbons (Fsp3) is 0.333. The Morgan fingerprint density at radius 2 is 1.42 bits per heavy atom. The monoisotopic (exact) mass is 354 g/mol. The van der Waals surface area contributed by atoms with Crippen molar-refractivity contribution in [1.82, 2.24) is 0 Å². The van der Waals surface area contributed by atoms with Gasteiger partial charge in [0, 0.05) is 13.4 Å². The summed E-state index contributed by atoms with van der Waals surface area (Å²) in [6, 6.07) is 4.14. The molecule has 0 amide bonds. The summed E-state index contributed by atoms with van der Waals surface area (Å²) < 4.78 is 3.39. The number of hydrogen-bond acceptors (Lipinski definition) is 0. The van der Waals surface area contributed by atoms with Crippen molar-refractivity contribution < 1.29 is 0 Å². The molecule has 0 aliphatic carbocycles. The second-order valence-electron chi connectivity index (χ2n) is 2.94. The van der Waals surface area contributed by atoms with Crippen LogP contribution in [0.25, 0.3) is 0 Å². The Morgan fingerprint density at radius 1 is 1.00 bits per heavy atom. The summed E-state index contributed by atoms with van der Waals surface area (Å²) in [5.74, 6) is 0.529. The van der Waals surface area contributed by atoms with Gasteiger partial charge in [0.2, 0.25) is 0 Å². The number of halogens is 3. The molecule has 66 valence electrons. The van der Waals surface area contributed by atoms with Gasteiger partial charge in [-0.1, -0.05) is 61.6 Å². The molecule has 0 unspecified atom stereocenters. The van der Waals surface area contributed by atoms with Gasteiger partial charge in [0.25, 0.3) is 0 Å². The Kier molecular flexibility index (Phi) is 3.80. The van der Waals surface area contributed by atoms with Crippen molar-refractivity contribution >= 4 is 47.8 Å². The van der Waals surface area contributed by atoms with Crippen LogP contribution in [-0.4, -0.2) is 0 Å². The van der Waals surface area contributed by atoms with E-state index in [9.17, 15) is 0 Å². The third-order valence-electron chi connectivity index (χ3n) is 1.62. The van der Waals surface area contributed by atoms with Gasteiger partial charge in [-0.25, -0.2) is 0 Å². The quantitative estimate of drug-likeness (QED) is 0.657. The summed E-state index contributed by atoms with van der Waals surface area (Å²) in [5.41, 5.74) is 1.32. The minimum absolute atomic E-state index is 0.529. The molecule has 0 N–H and O–H groups in total. The van der Waals surface area contributed by atoms with Crippen LogP contribution in [0.3, 0.4) is 0 Å². The summed E-state index contributed by atoms with van der Waals surface area (Å²) in [7, 11) is 0. The first-order chi connectivity index (χ1) is 5.52. The zero-order chi connectivity index (χ0) is 9.30. The van der Waals surface area contributed by atoms with Gasteiger partial charge in [-0.05, 0) is 23.6 Å². The van der Waals surface area contributed by atoms with Gasteiger partial charge in [-0.15, -0.1) is 0 Å². The van der Waals surface area contributed by atoms with Crippen molar-refractivity contribution in [3.63, 3.8) is 0 Å². The van der Waals surface area contributed by atoms with E-state index in [4.69, 9.17) is 0 Å². The molecule has 0 aliphatic rings. The molecule has 0 atom stereocenters. The number of rotatable bonds is 1. The van der Waals surface area contributed by atoms with Gasteiger partial charge in [0.05, 0.1) is 0 Å². The minimum atomic E-state index is 0.529. The van der Waals surface area contributed by atoms with Crippen molar-refractivity contribution in [2.75, 3.05) is 0 Å². The van der Waals surface area contributed by atoms with E-state index in [1.165, 1.54) is 5.56 Å². The van der Waals surface area contributed by atoms with E-state index in [2.05, 4.69) is 73.8 Å². The van der Waals surface area contributed by atoms with E-state index < -0.39 is 0 Å². The van der Waals surface area contributed by atoms with Crippen LogP contribution in [0.15, 0.2) is 25.6 Å². The normalized spacial score (nSPS) is 10.8. The van der Waals surface area contributed by atoms with Crippen LogP contribution in [0, 0.1) is 0 Å². The topological polar surface area (TPSA) is 0 Å². The molecule has 0 radical (unpaired) electrons. The third kappa shape index (κ3) is 2.33. The van der Waals surface area contributed by atoms with Crippen LogP contribution in [0.5, 0.6) is 0 Å². The number of hydrogen-bond donors (Lipinski definition) is 0. The van der Waals surface area contributed by atoms with Crippen LogP contribution in [-0.2, 0) is 0 Å². The molecule has 12 heavy (non-hydrogen) atoms. The summed E-state index contributed by atoms with van der Waals surface area (Å²) in [6.45, 7) is 4.36. The van der Waals surface area contributed by atoms with Gasteiger partial charge >= 0.3 is 0 Å². The lowest BCUT2D eigenvalue weighted by Crippen LogP contribution is -1.90. The zero-order valence-corrected chi connectivity index (χ0v) is 11.6. The zero-order valence-electron chi connectivity index (χ0n) is 6.87. The van der Waals surface area contributed by atoms with Crippen LogP contribution in [0.2, 0.25) is 0 Å². The van der Waals surface area contributed by atoms with Crippen LogP contribution in [0.1, 0.15) is 25.3 Å². The first-order valence-electron chi connectivity index (χ1n) is 3.67. The molecule has 0 saturated carbocycles. The molecule has 0 aromatic heterocycles. The molecular formula is C9H9Br3. The summed E-state index contributed by atoms with van der Waals surface area (Å²) in [5, 5.41) is 0. The van der Waals surface area contributed by atoms with Crippen LogP contribution >= 0.6 is 47.8 Å². The summed E-state index contributed by atoms with van der Waals surface area (Å²) in [6.07, 6.45) is 0. The maximum absolute atomic E-state index is 3.54. The fourth-order valence-electron chi connectivity index (χ4n) is 1.10. The van der Waals surface area contributed by atoms with Crippen molar-refractivity contribution in [3.8, 4) is 0 Å². The van der Waals surface area contributed by atoms with E-state index in [1.807, 2.05) is 0 Å². The van der Waals surface area contributed by atoms with E-state index >= 15 is 0 Å². The van der Waals surface area contributed by atoms with Gasteiger partial charge in [-0.2, -0.15) is 0 Å². The van der Waals surface area contributed by atoms with E-state index in [1.54, 1.807) is 0 Å². The Balaban J connectivity index is 3.28. The lowest BCUT2D eigenvalue weighted by Gasteiger charge is -2.11. The van der Waals surface area contributed by atoms with Gasteiger partial charge < -0.3 is 0 Å². The molecule has 0 fully saturated rings. The van der Waals surface area contributed by atoms with E-state index in [-0.39, 0.29) is 0 Å². The second-order valence-corrected chi connectivity index (χ2v) is 5.56. The standard InChI is InChI=1S/C9H9Br3/c1-5(2)9-7(11)3-6(10)4-8(9)12/h3-5H,1-2H3. The van der Waals surface area contributed by atoms with E-state index in [0.29, 0.717) is 5.92 Å². The molecule has 1 rings (SSSR count). The Bertz CT molecular complexity index is 269. The second kappa shape index (κ2) is 4.25. The molecule has 0 heterocycles. The molecule has 0 nitrogen and oxygen atoms in total. The maximum Gasteiger partial charge on any atom is 0.0232 e. The highest BCUT2D eigenvalue weighted by atomic mass is 79.9. The average molecular weight is 357 g/mol. The van der Waals surface area contributed by atoms with Gasteiger partial charge in [0.1, 0.15) is 0 Å². The number of benzene rings is 1. The Morgan fingerprint density at radius 3 is 1.75 bits per heavy atom. The van der Waals surface area contributed by atoms with Crippen molar-refractivity contribution in [1.29, 1.82) is 0 Å². The fourth-order valence-corrected chi connectivity index (χ4v) is 4.28. The first kappa shape index (κ1) is 10.7. The predicted octanol–water partition coefficient (Wildman–Crippen LogP) is 5.10. The molecule has 3 heteroatoms. The Hall–Kier alpha value is 0.660. The average Bonchev–Trinajstić information content (AvgIpc) is 1.82. The molecule has 0 saturated heterocycles. The van der Waals surface area contributed by atoms with Crippen molar-refractivity contribution in [2.45, 2.75) is 19.8 Å². The smallest absolute Gasteiger partial charge is 0.0232 e. The van der Waals surface area contributed by atoms with Crippen LogP contribution < -0.4 is 0 Å². The maximum atomic E-state index is 3.54. The highest BCUT2D eigenvalue weighted by molar-refractivity contribution is 9.11. The molecular weight excluding hydrogens is 348 g/mol. The molecule has 0 spiro atoms. The van der Waals surface area contributed by atoms with Gasteiger partial charge in [-0.3, -0.25) is 0 Å². The summed E-state index contributed by atoms with van der Waals surface area (Å²) >= 11 is 10.5. The third-order valence-corrected chi connectivity index (χ3v) is 3.39. The minimum Gasteiger partial charge on any atom is -0.0586 e. The molecule has 0 bridgehead atoms. The molecule has 0 aliphatic heterocycles. The summed E-state index contributed by atoms with van der Waals surface area (Å²) in [4.78, 5) is 0. The lowest BCUT2D eigenvalue weighted by atomic mass is 10.0. The van der Waals surface area contributed by atoms with E-state index in [0.717, 1.165) is 13.4 Å². The first-order valence-corrected chi connectivity index (χ1v) is 6.04. The largest absolute Gasteiger partial charge is 0.0586 e. The highest BCUT2D eigenvalue weighted by Gasteiger charge is 2.09.